The first kappa shape index (κ1) is 13.5. The maximum absolute atomic E-state index is 13.1. The lowest BCUT2D eigenvalue weighted by Crippen LogP contribution is -2.06. The average molecular weight is 272 g/mol. The molecule has 1 N–H and O–H groups in total. The van der Waals surface area contributed by atoms with Crippen LogP contribution < -0.4 is 4.74 Å². The monoisotopic (exact) mass is 272 g/mol. The SMILES string of the molecule is N#Cc1ccc(F)cc1COc1cccnc1C(=O)O. The zero-order valence-electron chi connectivity index (χ0n) is 10.2. The Morgan fingerprint density at radius 2 is 2.25 bits per heavy atom. The molecule has 1 aromatic heterocycles. The highest BCUT2D eigenvalue weighted by Crippen LogP contribution is 2.18. The van der Waals surface area contributed by atoms with Crippen LogP contribution in [0.15, 0.2) is 36.5 Å². The third-order valence-corrected chi connectivity index (χ3v) is 2.54. The number of rotatable bonds is 4. The highest BCUT2D eigenvalue weighted by Gasteiger charge is 2.13. The third-order valence-electron chi connectivity index (χ3n) is 2.54. The van der Waals surface area contributed by atoms with E-state index >= 15 is 0 Å². The molecule has 0 radical (unpaired) electrons. The molecule has 0 amide bonds. The van der Waals surface area contributed by atoms with Gasteiger partial charge in [-0.2, -0.15) is 5.26 Å². The summed E-state index contributed by atoms with van der Waals surface area (Å²) < 4.78 is 18.5. The molecular formula is C14H9FN2O3. The second kappa shape index (κ2) is 5.80. The Bertz CT molecular complexity index is 695. The summed E-state index contributed by atoms with van der Waals surface area (Å²) in [4.78, 5) is 14.6. The molecule has 6 heteroatoms. The topological polar surface area (TPSA) is 83.2 Å². The van der Waals surface area contributed by atoms with E-state index in [1.165, 1.54) is 36.5 Å². The third kappa shape index (κ3) is 2.90. The molecule has 0 saturated heterocycles. The molecule has 2 rings (SSSR count). The Labute approximate surface area is 113 Å². The molecule has 0 unspecified atom stereocenters. The number of hydrogen-bond acceptors (Lipinski definition) is 4. The second-order valence-electron chi connectivity index (χ2n) is 3.86. The Hall–Kier alpha value is -2.94. The van der Waals surface area contributed by atoms with Crippen molar-refractivity contribution >= 4 is 5.97 Å². The van der Waals surface area contributed by atoms with E-state index in [-0.39, 0.29) is 23.6 Å². The minimum Gasteiger partial charge on any atom is -0.486 e. The number of nitrogens with zero attached hydrogens (tertiary/aromatic N) is 2. The summed E-state index contributed by atoms with van der Waals surface area (Å²) in [6, 6.07) is 8.58. The van der Waals surface area contributed by atoms with Crippen LogP contribution in [-0.2, 0) is 6.61 Å². The number of aromatic carboxylic acids is 1. The quantitative estimate of drug-likeness (QED) is 0.923. The van der Waals surface area contributed by atoms with E-state index in [0.717, 1.165) is 0 Å². The van der Waals surface area contributed by atoms with Crippen LogP contribution in [0.4, 0.5) is 4.39 Å². The van der Waals surface area contributed by atoms with Crippen LogP contribution in [0.2, 0.25) is 0 Å². The van der Waals surface area contributed by atoms with E-state index in [4.69, 9.17) is 15.1 Å². The molecule has 0 bridgehead atoms. The number of benzene rings is 1. The van der Waals surface area contributed by atoms with Gasteiger partial charge in [0.25, 0.3) is 0 Å². The van der Waals surface area contributed by atoms with E-state index in [2.05, 4.69) is 4.98 Å². The zero-order chi connectivity index (χ0) is 14.5. The maximum Gasteiger partial charge on any atom is 0.358 e. The van der Waals surface area contributed by atoms with Crippen LogP contribution in [0.5, 0.6) is 5.75 Å². The predicted octanol–water partition coefficient (Wildman–Crippen LogP) is 2.37. The summed E-state index contributed by atoms with van der Waals surface area (Å²) in [5.41, 5.74) is 0.377. The summed E-state index contributed by atoms with van der Waals surface area (Å²) in [7, 11) is 0. The molecule has 0 saturated carbocycles. The molecule has 0 fully saturated rings. The molecule has 1 heterocycles. The molecule has 100 valence electrons. The molecule has 1 aromatic carbocycles. The van der Waals surface area contributed by atoms with Gasteiger partial charge in [0.05, 0.1) is 11.6 Å². The van der Waals surface area contributed by atoms with Crippen molar-refractivity contribution in [1.82, 2.24) is 4.98 Å². The zero-order valence-corrected chi connectivity index (χ0v) is 10.2. The number of hydrogen-bond donors (Lipinski definition) is 1. The molecule has 0 spiro atoms. The number of carboxylic acid groups (broad SMARTS) is 1. The number of carbonyl (C=O) groups is 1. The van der Waals surface area contributed by atoms with Crippen molar-refractivity contribution in [3.05, 3.63) is 59.2 Å². The van der Waals surface area contributed by atoms with Gasteiger partial charge in [-0.05, 0) is 30.3 Å². The fourth-order valence-corrected chi connectivity index (χ4v) is 1.61. The summed E-state index contributed by atoms with van der Waals surface area (Å²) in [5, 5.41) is 17.9. The van der Waals surface area contributed by atoms with Crippen molar-refractivity contribution in [1.29, 1.82) is 5.26 Å². The molecule has 5 nitrogen and oxygen atoms in total. The number of nitriles is 1. The highest BCUT2D eigenvalue weighted by molar-refractivity contribution is 5.88. The number of carboxylic acids is 1. The minimum absolute atomic E-state index is 0.0631. The van der Waals surface area contributed by atoms with E-state index in [0.29, 0.717) is 5.56 Å². The fraction of sp³-hybridized carbons (Fsp3) is 0.0714. The fourth-order valence-electron chi connectivity index (χ4n) is 1.61. The maximum atomic E-state index is 13.1. The van der Waals surface area contributed by atoms with Gasteiger partial charge in [0.1, 0.15) is 12.4 Å². The normalized spacial score (nSPS) is 9.80. The molecular weight excluding hydrogens is 263 g/mol. The van der Waals surface area contributed by atoms with E-state index in [9.17, 15) is 9.18 Å². The van der Waals surface area contributed by atoms with E-state index < -0.39 is 11.8 Å². The van der Waals surface area contributed by atoms with E-state index in [1.807, 2.05) is 6.07 Å². The number of halogens is 1. The molecule has 0 atom stereocenters. The number of ether oxygens (including phenoxy) is 1. The molecule has 20 heavy (non-hydrogen) atoms. The first-order chi connectivity index (χ1) is 9.61. The first-order valence-electron chi connectivity index (χ1n) is 5.61. The second-order valence-corrected chi connectivity index (χ2v) is 3.86. The van der Waals surface area contributed by atoms with Crippen LogP contribution in [-0.4, -0.2) is 16.1 Å². The molecule has 0 aliphatic carbocycles. The van der Waals surface area contributed by atoms with Crippen molar-refractivity contribution in [3.63, 3.8) is 0 Å². The van der Waals surface area contributed by atoms with Crippen molar-refractivity contribution in [3.8, 4) is 11.8 Å². The number of pyridine rings is 1. The summed E-state index contributed by atoms with van der Waals surface area (Å²) in [6.45, 7) is -0.118. The molecule has 2 aromatic rings. The standard InChI is InChI=1S/C14H9FN2O3/c15-11-4-3-9(7-16)10(6-11)8-20-12-2-1-5-17-13(12)14(18)19/h1-6H,8H2,(H,18,19). The van der Waals surface area contributed by atoms with Gasteiger partial charge in [0.2, 0.25) is 0 Å². The largest absolute Gasteiger partial charge is 0.486 e. The Balaban J connectivity index is 2.24. The van der Waals surface area contributed by atoms with Gasteiger partial charge >= 0.3 is 5.97 Å². The van der Waals surface area contributed by atoms with Crippen LogP contribution in [0.3, 0.4) is 0 Å². The van der Waals surface area contributed by atoms with E-state index in [1.54, 1.807) is 0 Å². The van der Waals surface area contributed by atoms with Gasteiger partial charge in [-0.25, -0.2) is 14.2 Å². The first-order valence-corrected chi connectivity index (χ1v) is 5.61. The Kier molecular flexibility index (Phi) is 3.91. The Morgan fingerprint density at radius 1 is 1.45 bits per heavy atom. The van der Waals surface area contributed by atoms with Crippen LogP contribution in [0, 0.1) is 17.1 Å². The molecule has 0 aliphatic heterocycles. The van der Waals surface area contributed by atoms with Gasteiger partial charge in [-0.3, -0.25) is 0 Å². The van der Waals surface area contributed by atoms with Crippen LogP contribution >= 0.6 is 0 Å². The highest BCUT2D eigenvalue weighted by atomic mass is 19.1. The van der Waals surface area contributed by atoms with Crippen molar-refractivity contribution in [2.75, 3.05) is 0 Å². The Morgan fingerprint density at radius 3 is 2.95 bits per heavy atom. The summed E-state index contributed by atoms with van der Waals surface area (Å²) in [6.07, 6.45) is 1.33. The van der Waals surface area contributed by atoms with Crippen LogP contribution in [0.25, 0.3) is 0 Å². The predicted molar refractivity (Wildman–Crippen MR) is 66.6 cm³/mol. The van der Waals surface area contributed by atoms with Crippen molar-refractivity contribution in [2.45, 2.75) is 6.61 Å². The minimum atomic E-state index is -1.22. The average Bonchev–Trinajstić information content (AvgIpc) is 2.45. The lowest BCUT2D eigenvalue weighted by atomic mass is 10.1. The van der Waals surface area contributed by atoms with Gasteiger partial charge in [0.15, 0.2) is 11.4 Å². The van der Waals surface area contributed by atoms with Crippen molar-refractivity contribution in [2.24, 2.45) is 0 Å². The summed E-state index contributed by atoms with van der Waals surface area (Å²) in [5.74, 6) is -1.65. The lowest BCUT2D eigenvalue weighted by molar-refractivity contribution is 0.0685. The van der Waals surface area contributed by atoms with Gasteiger partial charge in [-0.1, -0.05) is 0 Å². The van der Waals surface area contributed by atoms with Gasteiger partial charge in [0, 0.05) is 11.8 Å². The van der Waals surface area contributed by atoms with Crippen LogP contribution in [0.1, 0.15) is 21.6 Å². The lowest BCUT2D eigenvalue weighted by Gasteiger charge is -2.09. The summed E-state index contributed by atoms with van der Waals surface area (Å²) >= 11 is 0. The smallest absolute Gasteiger partial charge is 0.358 e. The van der Waals surface area contributed by atoms with Crippen molar-refractivity contribution < 1.29 is 19.0 Å². The van der Waals surface area contributed by atoms with Gasteiger partial charge in [-0.15, -0.1) is 0 Å². The van der Waals surface area contributed by atoms with Gasteiger partial charge < -0.3 is 9.84 Å². The number of aromatic nitrogens is 1. The molecule has 0 aliphatic rings.